The zero-order valence-corrected chi connectivity index (χ0v) is 50.4. The normalized spacial score (nSPS) is 12.8. The van der Waals surface area contributed by atoms with E-state index < -0.39 is 44.9 Å². The molecule has 0 aliphatic heterocycles. The van der Waals surface area contributed by atoms with Gasteiger partial charge in [0.05, 0.1) is 0 Å². The van der Waals surface area contributed by atoms with E-state index in [2.05, 4.69) is 172 Å². The number of hydrogen-bond acceptors (Lipinski definition) is 2. The SMILES string of the molecule is O=P(c1ccccc1)(c1ccccc1)c1cc2ccc3ccccc3c2c2c1ccc1ccccc12.O=P(c1ccccc1)(c1ccccc1)c1cc2ccc3ccccc3c2c2c1ccc1ccccc12.[CH2-]C(CC([CH2-])C(F)(F)F)C(F)(F)F.[Eu+2]. The Morgan fingerprint density at radius 3 is 0.802 bits per heavy atom. The molecule has 86 heavy (non-hydrogen) atoms. The molecule has 0 bridgehead atoms. The molecule has 14 aromatic rings. The summed E-state index contributed by atoms with van der Waals surface area (Å²) in [7, 11) is -6.33. The maximum absolute atomic E-state index is 15.5. The second-order valence-electron chi connectivity index (χ2n) is 21.3. The third-order valence-electron chi connectivity index (χ3n) is 16.1. The quantitative estimate of drug-likeness (QED) is 0.0658. The topological polar surface area (TPSA) is 34.1 Å². The third kappa shape index (κ3) is 11.4. The third-order valence-corrected chi connectivity index (χ3v) is 22.3. The molecule has 14 rings (SSSR count). The molecular formula is C75H54EuF6O2P2. The number of benzene rings is 14. The second kappa shape index (κ2) is 24.9. The minimum Gasteiger partial charge on any atom is -0.332 e. The number of rotatable bonds is 8. The molecule has 0 spiro atoms. The first-order valence-corrected chi connectivity index (χ1v) is 31.2. The van der Waals surface area contributed by atoms with Crippen molar-refractivity contribution in [2.45, 2.75) is 18.8 Å². The molecule has 14 aromatic carbocycles. The van der Waals surface area contributed by atoms with E-state index in [9.17, 15) is 26.3 Å². The van der Waals surface area contributed by atoms with Gasteiger partial charge in [-0.1, -0.05) is 285 Å². The molecule has 2 atom stereocenters. The predicted octanol–water partition coefficient (Wildman–Crippen LogP) is 19.3. The van der Waals surface area contributed by atoms with E-state index >= 15 is 9.13 Å². The van der Waals surface area contributed by atoms with E-state index in [0.29, 0.717) is 0 Å². The van der Waals surface area contributed by atoms with Crippen LogP contribution in [0.2, 0.25) is 0 Å². The molecule has 2 unspecified atom stereocenters. The Kier molecular flexibility index (Phi) is 17.5. The Balaban J connectivity index is 0.000000148. The first-order chi connectivity index (χ1) is 41.0. The first-order valence-electron chi connectivity index (χ1n) is 27.8. The minimum absolute atomic E-state index is 0. The van der Waals surface area contributed by atoms with Crippen LogP contribution in [-0.4, -0.2) is 12.4 Å². The Hall–Kier alpha value is -7.22. The largest absolute Gasteiger partial charge is 2.00 e. The van der Waals surface area contributed by atoms with Gasteiger partial charge in [-0.05, 0) is 98.3 Å². The van der Waals surface area contributed by atoms with Crippen molar-refractivity contribution < 1.29 is 84.8 Å². The van der Waals surface area contributed by atoms with Crippen LogP contribution < -0.4 is 31.8 Å². The van der Waals surface area contributed by atoms with Crippen molar-refractivity contribution in [1.29, 1.82) is 0 Å². The molecule has 0 N–H and O–H groups in total. The van der Waals surface area contributed by atoms with Gasteiger partial charge in [0.2, 0.25) is 0 Å². The van der Waals surface area contributed by atoms with Crippen LogP contribution in [-0.2, 0) is 9.13 Å². The van der Waals surface area contributed by atoms with Crippen LogP contribution in [0.25, 0.3) is 86.2 Å². The van der Waals surface area contributed by atoms with Crippen molar-refractivity contribution in [2.24, 2.45) is 11.8 Å². The van der Waals surface area contributed by atoms with Crippen LogP contribution in [0.5, 0.6) is 0 Å². The Bertz CT molecular complexity index is 4490. The van der Waals surface area contributed by atoms with Crippen molar-refractivity contribution in [3.05, 3.63) is 293 Å². The average molecular weight is 1320 g/mol. The predicted molar refractivity (Wildman–Crippen MR) is 346 cm³/mol. The van der Waals surface area contributed by atoms with Crippen LogP contribution >= 0.6 is 14.3 Å². The average Bonchev–Trinajstić information content (AvgIpc) is 1.01. The smallest absolute Gasteiger partial charge is 0.332 e. The molecule has 425 valence electrons. The van der Waals surface area contributed by atoms with Gasteiger partial charge in [-0.15, -0.1) is 0 Å². The molecule has 0 saturated carbocycles. The minimum atomic E-state index is -4.69. The molecule has 2 nitrogen and oxygen atoms in total. The van der Waals surface area contributed by atoms with Gasteiger partial charge in [0.25, 0.3) is 0 Å². The molecular weight excluding hydrogens is 1260 g/mol. The number of hydrogen-bond donors (Lipinski definition) is 0. The van der Waals surface area contributed by atoms with Gasteiger partial charge in [0.1, 0.15) is 0 Å². The van der Waals surface area contributed by atoms with E-state index in [-0.39, 0.29) is 49.4 Å². The van der Waals surface area contributed by atoms with Crippen molar-refractivity contribution in [3.8, 4) is 0 Å². The van der Waals surface area contributed by atoms with E-state index in [1.807, 2.05) is 121 Å². The molecule has 0 aliphatic rings. The zero-order valence-electron chi connectivity index (χ0n) is 46.2. The molecule has 0 aliphatic carbocycles. The molecule has 11 heteroatoms. The number of halogens is 6. The Morgan fingerprint density at radius 1 is 0.291 bits per heavy atom. The van der Waals surface area contributed by atoms with E-state index in [1.54, 1.807) is 0 Å². The molecule has 0 aromatic heterocycles. The fourth-order valence-corrected chi connectivity index (χ4v) is 17.6. The van der Waals surface area contributed by atoms with Gasteiger partial charge in [0, 0.05) is 31.8 Å². The summed E-state index contributed by atoms with van der Waals surface area (Å²) in [6.45, 7) is 5.20. The van der Waals surface area contributed by atoms with Crippen molar-refractivity contribution in [3.63, 3.8) is 0 Å². The Morgan fingerprint density at radius 2 is 0.523 bits per heavy atom. The van der Waals surface area contributed by atoms with Crippen LogP contribution in [0.3, 0.4) is 0 Å². The maximum Gasteiger partial charge on any atom is 2.00 e. The number of alkyl halides is 6. The van der Waals surface area contributed by atoms with E-state index in [0.717, 1.165) is 53.4 Å². The summed E-state index contributed by atoms with van der Waals surface area (Å²) in [4.78, 5) is 0. The second-order valence-corrected chi connectivity index (χ2v) is 26.7. The zero-order chi connectivity index (χ0) is 59.1. The summed E-state index contributed by atoms with van der Waals surface area (Å²) in [6, 6.07) is 95.8. The van der Waals surface area contributed by atoms with E-state index in [1.165, 1.54) is 64.6 Å². The molecule has 0 saturated heterocycles. The summed E-state index contributed by atoms with van der Waals surface area (Å²) >= 11 is 0. The molecule has 0 heterocycles. The summed E-state index contributed by atoms with van der Waals surface area (Å²) in [5, 5.41) is 23.9. The monoisotopic (exact) mass is 1320 g/mol. The molecule has 1 radical (unpaired) electrons. The summed E-state index contributed by atoms with van der Waals surface area (Å²) in [5.74, 6) is -4.45. The standard InChI is InChI=1S/2C34H23OP.C7H8F6.Eu/c2*35-36(27-13-3-1-4-14-27,28-15-5-2-6-16-28)32-23-26-20-19-24-11-7-9-17-29(24)33(26)34-30-18-10-8-12-25(30)21-22-31(32)34;1-4(6(8,9)10)3-5(2)7(11,12)13;/h2*1-23H;4-5H,1-3H2;/q;;-2;+2. The molecule has 0 fully saturated rings. The summed E-state index contributed by atoms with van der Waals surface area (Å²) in [6.07, 6.45) is -10.5. The van der Waals surface area contributed by atoms with Gasteiger partial charge in [-0.2, -0.15) is 26.3 Å². The van der Waals surface area contributed by atoms with Gasteiger partial charge in [-0.3, -0.25) is 0 Å². The molecule has 0 amide bonds. The van der Waals surface area contributed by atoms with Gasteiger partial charge < -0.3 is 23.0 Å². The maximum atomic E-state index is 15.5. The van der Waals surface area contributed by atoms with Gasteiger partial charge in [-0.25, -0.2) is 0 Å². The van der Waals surface area contributed by atoms with Crippen molar-refractivity contribution >= 4 is 132 Å². The van der Waals surface area contributed by atoms with Gasteiger partial charge in [0.15, 0.2) is 14.3 Å². The van der Waals surface area contributed by atoms with Crippen LogP contribution in [0, 0.1) is 75.1 Å². The van der Waals surface area contributed by atoms with Crippen molar-refractivity contribution in [2.75, 3.05) is 0 Å². The fourth-order valence-electron chi connectivity index (χ4n) is 11.9. The fraction of sp³-hybridized carbons (Fsp3) is 0.0667. The summed E-state index contributed by atoms with van der Waals surface area (Å²) in [5.41, 5.74) is 0. The van der Waals surface area contributed by atoms with E-state index in [4.69, 9.17) is 0 Å². The summed E-state index contributed by atoms with van der Waals surface area (Å²) < 4.78 is 101. The van der Waals surface area contributed by atoms with Crippen LogP contribution in [0.15, 0.2) is 279 Å². The van der Waals surface area contributed by atoms with Crippen LogP contribution in [0.1, 0.15) is 6.42 Å². The van der Waals surface area contributed by atoms with Gasteiger partial charge >= 0.3 is 61.7 Å². The van der Waals surface area contributed by atoms with Crippen molar-refractivity contribution in [1.82, 2.24) is 0 Å². The first kappa shape index (κ1) is 60.5. The Labute approximate surface area is 535 Å². The van der Waals surface area contributed by atoms with Crippen LogP contribution in [0.4, 0.5) is 26.3 Å². The number of fused-ring (bicyclic) bond motifs is 14.